The number of hydrogen-bond donors (Lipinski definition) is 1. The van der Waals surface area contributed by atoms with E-state index < -0.39 is 53.9 Å². The molecule has 0 aromatic carbocycles. The van der Waals surface area contributed by atoms with Crippen LogP contribution in [0.15, 0.2) is 6.20 Å². The van der Waals surface area contributed by atoms with E-state index in [1.807, 2.05) is 0 Å². The largest absolute Gasteiger partial charge is 0.466 e. The zero-order chi connectivity index (χ0) is 16.2. The smallest absolute Gasteiger partial charge is 0.418 e. The predicted octanol–water partition coefficient (Wildman–Crippen LogP) is 2.60. The molecule has 0 spiro atoms. The van der Waals surface area contributed by atoms with E-state index in [0.29, 0.717) is 6.20 Å². The average molecular weight is 312 g/mol. The van der Waals surface area contributed by atoms with Crippen LogP contribution < -0.4 is 5.73 Å². The molecule has 0 saturated heterocycles. The van der Waals surface area contributed by atoms with E-state index in [4.69, 9.17) is 5.73 Å². The van der Waals surface area contributed by atoms with Gasteiger partial charge in [0.05, 0.1) is 18.6 Å². The van der Waals surface area contributed by atoms with Crippen molar-refractivity contribution in [2.75, 3.05) is 6.61 Å². The second-order valence-corrected chi connectivity index (χ2v) is 4.00. The summed E-state index contributed by atoms with van der Waals surface area (Å²) in [5.74, 6) is -0.921. The lowest BCUT2D eigenvalue weighted by atomic mass is 9.98. The molecule has 0 aliphatic carbocycles. The van der Waals surface area contributed by atoms with Crippen LogP contribution in [0.4, 0.5) is 22.0 Å². The molecule has 0 aliphatic heterocycles. The van der Waals surface area contributed by atoms with Crippen LogP contribution in [0.2, 0.25) is 0 Å². The van der Waals surface area contributed by atoms with E-state index >= 15 is 0 Å². The summed E-state index contributed by atoms with van der Waals surface area (Å²) in [4.78, 5) is 14.5. The summed E-state index contributed by atoms with van der Waals surface area (Å²) in [5, 5.41) is 0. The number of nitrogens with zero attached hydrogens (tertiary/aromatic N) is 1. The number of ether oxygens (including phenoxy) is 1. The van der Waals surface area contributed by atoms with Gasteiger partial charge in [0.1, 0.15) is 5.69 Å². The number of nitrogens with two attached hydrogens (primary N) is 1. The Kier molecular flexibility index (Phi) is 5.59. The maximum absolute atomic E-state index is 12.9. The molecule has 118 valence electrons. The molecule has 1 rings (SSSR count). The summed E-state index contributed by atoms with van der Waals surface area (Å²) in [5.41, 5.74) is 2.03. The van der Waals surface area contributed by atoms with Gasteiger partial charge in [-0.15, -0.1) is 0 Å². The Morgan fingerprint density at radius 2 is 2.00 bits per heavy atom. The third-order valence-electron chi connectivity index (χ3n) is 2.67. The van der Waals surface area contributed by atoms with E-state index in [2.05, 4.69) is 9.72 Å². The van der Waals surface area contributed by atoms with Gasteiger partial charge >= 0.3 is 12.1 Å². The Morgan fingerprint density at radius 1 is 1.38 bits per heavy atom. The van der Waals surface area contributed by atoms with Crippen LogP contribution in [-0.2, 0) is 28.7 Å². The number of esters is 1. The molecule has 1 aromatic rings. The minimum Gasteiger partial charge on any atom is -0.466 e. The van der Waals surface area contributed by atoms with E-state index in [1.54, 1.807) is 0 Å². The lowest BCUT2D eigenvalue weighted by Crippen LogP contribution is -2.20. The highest BCUT2D eigenvalue weighted by Gasteiger charge is 2.36. The molecule has 0 saturated carbocycles. The fraction of sp³-hybridized carbons (Fsp3) is 0.500. The van der Waals surface area contributed by atoms with Crippen molar-refractivity contribution in [3.05, 3.63) is 28.6 Å². The lowest BCUT2D eigenvalue weighted by molar-refractivity contribution is -0.143. The molecule has 0 aliphatic rings. The van der Waals surface area contributed by atoms with E-state index in [1.165, 1.54) is 6.92 Å². The molecule has 1 aromatic heterocycles. The number of hydrogen-bond acceptors (Lipinski definition) is 4. The van der Waals surface area contributed by atoms with Gasteiger partial charge in [0, 0.05) is 12.7 Å². The third kappa shape index (κ3) is 4.10. The van der Waals surface area contributed by atoms with Crippen LogP contribution in [0.25, 0.3) is 0 Å². The number of carbonyl (C=O) groups is 1. The second-order valence-electron chi connectivity index (χ2n) is 4.00. The zero-order valence-corrected chi connectivity index (χ0v) is 11.0. The van der Waals surface area contributed by atoms with Gasteiger partial charge in [-0.3, -0.25) is 9.78 Å². The molecule has 4 nitrogen and oxygen atoms in total. The quantitative estimate of drug-likeness (QED) is 0.670. The third-order valence-corrected chi connectivity index (χ3v) is 2.67. The number of rotatable bonds is 5. The second kappa shape index (κ2) is 6.79. The topological polar surface area (TPSA) is 65.2 Å². The normalized spacial score (nSPS) is 11.8. The van der Waals surface area contributed by atoms with Crippen molar-refractivity contribution < 1.29 is 31.5 Å². The van der Waals surface area contributed by atoms with Gasteiger partial charge in [0.2, 0.25) is 0 Å². The lowest BCUT2D eigenvalue weighted by Gasteiger charge is -2.18. The number of pyridine rings is 1. The zero-order valence-electron chi connectivity index (χ0n) is 11.0. The molecule has 0 unspecified atom stereocenters. The molecule has 21 heavy (non-hydrogen) atoms. The van der Waals surface area contributed by atoms with Gasteiger partial charge in [-0.2, -0.15) is 13.2 Å². The Hall–Kier alpha value is -1.77. The van der Waals surface area contributed by atoms with Crippen molar-refractivity contribution >= 4 is 5.97 Å². The number of alkyl halides is 5. The summed E-state index contributed by atoms with van der Waals surface area (Å²) in [6.07, 6.45) is -8.36. The monoisotopic (exact) mass is 312 g/mol. The molecule has 0 bridgehead atoms. The first-order valence-corrected chi connectivity index (χ1v) is 5.94. The Morgan fingerprint density at radius 3 is 2.43 bits per heavy atom. The van der Waals surface area contributed by atoms with Crippen molar-refractivity contribution in [1.82, 2.24) is 4.98 Å². The molecular formula is C12H13F5N2O2. The van der Waals surface area contributed by atoms with Crippen molar-refractivity contribution in [2.45, 2.75) is 32.5 Å². The fourth-order valence-electron chi connectivity index (χ4n) is 1.83. The SMILES string of the molecule is CCOC(=O)Cc1c(C(F)F)ncc(C(F)(F)F)c1CN. The van der Waals surface area contributed by atoms with Gasteiger partial charge < -0.3 is 10.5 Å². The number of halogens is 5. The Bertz CT molecular complexity index is 517. The van der Waals surface area contributed by atoms with Crippen LogP contribution >= 0.6 is 0 Å². The van der Waals surface area contributed by atoms with Crippen LogP contribution in [0, 0.1) is 0 Å². The molecule has 0 atom stereocenters. The number of carbonyl (C=O) groups excluding carboxylic acids is 1. The van der Waals surface area contributed by atoms with Crippen LogP contribution in [0.1, 0.15) is 35.7 Å². The molecule has 0 amide bonds. The average Bonchev–Trinajstić information content (AvgIpc) is 2.36. The standard InChI is InChI=1S/C12H13F5N2O2/c1-2-21-9(20)3-6-7(4-18)8(12(15,16)17)5-19-10(6)11(13)14/h5,11H,2-4,18H2,1H3. The van der Waals surface area contributed by atoms with Gasteiger partial charge in [-0.05, 0) is 18.1 Å². The molecule has 2 N–H and O–H groups in total. The maximum atomic E-state index is 12.9. The summed E-state index contributed by atoms with van der Waals surface area (Å²) in [6, 6.07) is 0. The van der Waals surface area contributed by atoms with Crippen LogP contribution in [-0.4, -0.2) is 17.6 Å². The number of aromatic nitrogens is 1. The van der Waals surface area contributed by atoms with Crippen molar-refractivity contribution in [3.63, 3.8) is 0 Å². The molecule has 0 radical (unpaired) electrons. The summed E-state index contributed by atoms with van der Waals surface area (Å²) in [6.45, 7) is 0.819. The molecule has 0 fully saturated rings. The molecule has 1 heterocycles. The Labute approximate surface area is 117 Å². The van der Waals surface area contributed by atoms with Crippen molar-refractivity contribution in [1.29, 1.82) is 0 Å². The van der Waals surface area contributed by atoms with Gasteiger partial charge in [0.25, 0.3) is 6.43 Å². The first-order valence-electron chi connectivity index (χ1n) is 5.94. The first-order chi connectivity index (χ1) is 9.72. The highest BCUT2D eigenvalue weighted by atomic mass is 19.4. The maximum Gasteiger partial charge on any atom is 0.418 e. The van der Waals surface area contributed by atoms with Crippen molar-refractivity contribution in [2.24, 2.45) is 5.73 Å². The highest BCUT2D eigenvalue weighted by molar-refractivity contribution is 5.73. The van der Waals surface area contributed by atoms with Gasteiger partial charge in [0.15, 0.2) is 0 Å². The summed E-state index contributed by atoms with van der Waals surface area (Å²) >= 11 is 0. The van der Waals surface area contributed by atoms with Crippen molar-refractivity contribution in [3.8, 4) is 0 Å². The minimum atomic E-state index is -4.80. The molecule has 9 heteroatoms. The van der Waals surface area contributed by atoms with E-state index in [9.17, 15) is 26.7 Å². The van der Waals surface area contributed by atoms with E-state index in [0.717, 1.165) is 0 Å². The van der Waals surface area contributed by atoms with Gasteiger partial charge in [-0.25, -0.2) is 8.78 Å². The fourth-order valence-corrected chi connectivity index (χ4v) is 1.83. The first kappa shape index (κ1) is 17.3. The summed E-state index contributed by atoms with van der Waals surface area (Å²) < 4.78 is 68.8. The highest BCUT2D eigenvalue weighted by Crippen LogP contribution is 2.35. The van der Waals surface area contributed by atoms with Gasteiger partial charge in [-0.1, -0.05) is 0 Å². The van der Waals surface area contributed by atoms with Crippen LogP contribution in [0.5, 0.6) is 0 Å². The van der Waals surface area contributed by atoms with Crippen LogP contribution in [0.3, 0.4) is 0 Å². The predicted molar refractivity (Wildman–Crippen MR) is 62.4 cm³/mol. The minimum absolute atomic E-state index is 0.0206. The Balaban J connectivity index is 3.42. The summed E-state index contributed by atoms with van der Waals surface area (Å²) in [7, 11) is 0. The molecular weight excluding hydrogens is 299 g/mol. The van der Waals surface area contributed by atoms with E-state index in [-0.39, 0.29) is 6.61 Å².